The number of hydrogen-bond acceptors (Lipinski definition) is 4. The van der Waals surface area contributed by atoms with Gasteiger partial charge in [-0.25, -0.2) is 4.98 Å². The van der Waals surface area contributed by atoms with Crippen molar-refractivity contribution in [2.24, 2.45) is 5.73 Å². The summed E-state index contributed by atoms with van der Waals surface area (Å²) in [6.45, 7) is 2.15. The summed E-state index contributed by atoms with van der Waals surface area (Å²) in [6.07, 6.45) is -0.682. The molecule has 0 amide bonds. The number of aryl methyl sites for hydroxylation is 1. The molecule has 0 radical (unpaired) electrons. The van der Waals surface area contributed by atoms with Crippen LogP contribution in [-0.4, -0.2) is 28.3 Å². The largest absolute Gasteiger partial charge is 0.433 e. The molecule has 0 spiro atoms. The van der Waals surface area contributed by atoms with Gasteiger partial charge in [0, 0.05) is 18.5 Å². The Labute approximate surface area is 132 Å². The van der Waals surface area contributed by atoms with Crippen molar-refractivity contribution in [1.29, 1.82) is 0 Å². The number of alkyl halides is 3. The summed E-state index contributed by atoms with van der Waals surface area (Å²) in [4.78, 5) is 15.5. The minimum atomic E-state index is -4.61. The zero-order valence-corrected chi connectivity index (χ0v) is 13.1. The van der Waals surface area contributed by atoms with Crippen LogP contribution in [0.2, 0.25) is 0 Å². The van der Waals surface area contributed by atoms with E-state index >= 15 is 0 Å². The van der Waals surface area contributed by atoms with Crippen LogP contribution in [0.3, 0.4) is 0 Å². The topological polar surface area (TPSA) is 70.1 Å². The molecular weight excluding hydrogens is 311 g/mol. The van der Waals surface area contributed by atoms with Gasteiger partial charge in [-0.2, -0.15) is 13.2 Å². The number of nitrogens with two attached hydrogens (primary N) is 1. The molecular formula is C15H22F3N3O2. The number of nitrogens with zero attached hydrogens (tertiary/aromatic N) is 2. The Morgan fingerprint density at radius 2 is 2.00 bits per heavy atom. The molecule has 1 heterocycles. The van der Waals surface area contributed by atoms with Crippen molar-refractivity contribution in [2.45, 2.75) is 63.9 Å². The highest BCUT2D eigenvalue weighted by Gasteiger charge is 2.33. The molecule has 1 saturated carbocycles. The molecule has 1 aromatic heterocycles. The van der Waals surface area contributed by atoms with Crippen molar-refractivity contribution in [3.05, 3.63) is 27.9 Å². The van der Waals surface area contributed by atoms with Gasteiger partial charge in [0.05, 0.1) is 19.3 Å². The zero-order chi connectivity index (χ0) is 17.0. The van der Waals surface area contributed by atoms with Crippen LogP contribution >= 0.6 is 0 Å². The molecule has 1 aliphatic carbocycles. The molecule has 1 aliphatic rings. The number of aromatic nitrogens is 2. The highest BCUT2D eigenvalue weighted by Crippen LogP contribution is 2.26. The molecule has 0 aromatic carbocycles. The van der Waals surface area contributed by atoms with Gasteiger partial charge in [0.1, 0.15) is 5.82 Å². The van der Waals surface area contributed by atoms with Gasteiger partial charge in [0.25, 0.3) is 5.56 Å². The zero-order valence-electron chi connectivity index (χ0n) is 13.1. The van der Waals surface area contributed by atoms with Gasteiger partial charge in [-0.15, -0.1) is 0 Å². The molecule has 0 atom stereocenters. The third kappa shape index (κ3) is 4.78. The Morgan fingerprint density at radius 3 is 2.57 bits per heavy atom. The van der Waals surface area contributed by atoms with Gasteiger partial charge in [-0.05, 0) is 25.7 Å². The molecule has 2 rings (SSSR count). The van der Waals surface area contributed by atoms with Crippen LogP contribution in [0.15, 0.2) is 10.9 Å². The lowest BCUT2D eigenvalue weighted by Crippen LogP contribution is -2.32. The minimum absolute atomic E-state index is 0.109. The second-order valence-electron chi connectivity index (χ2n) is 5.81. The minimum Gasteiger partial charge on any atom is -0.376 e. The Hall–Kier alpha value is -1.41. The monoisotopic (exact) mass is 333 g/mol. The smallest absolute Gasteiger partial charge is 0.376 e. The van der Waals surface area contributed by atoms with E-state index in [4.69, 9.17) is 10.5 Å². The normalized spacial score (nSPS) is 22.3. The van der Waals surface area contributed by atoms with E-state index < -0.39 is 17.4 Å². The molecule has 5 nitrogen and oxygen atoms in total. The Balaban J connectivity index is 2.01. The standard InChI is InChI=1S/C15H22F3N3O2/c1-2-13-20-12(15(16,17)18)9-14(22)21(13)7-8-23-11-5-3-10(19)4-6-11/h9-11H,2-8,19H2,1H3. The SMILES string of the molecule is CCc1nc(C(F)(F)F)cc(=O)n1CCOC1CCC(N)CC1. The summed E-state index contributed by atoms with van der Waals surface area (Å²) >= 11 is 0. The average Bonchev–Trinajstić information content (AvgIpc) is 2.49. The summed E-state index contributed by atoms with van der Waals surface area (Å²) in [5.74, 6) is 0.124. The summed E-state index contributed by atoms with van der Waals surface area (Å²) in [5.41, 5.74) is 3.99. The van der Waals surface area contributed by atoms with Crippen molar-refractivity contribution in [3.63, 3.8) is 0 Å². The first kappa shape index (κ1) is 17.9. The van der Waals surface area contributed by atoms with Crippen molar-refractivity contribution in [3.8, 4) is 0 Å². The molecule has 1 fully saturated rings. The summed E-state index contributed by atoms with van der Waals surface area (Å²) < 4.78 is 45.1. The van der Waals surface area contributed by atoms with Crippen molar-refractivity contribution in [1.82, 2.24) is 9.55 Å². The predicted octanol–water partition coefficient (Wildman–Crippen LogP) is 2.11. The second-order valence-corrected chi connectivity index (χ2v) is 5.81. The van der Waals surface area contributed by atoms with Crippen molar-refractivity contribution >= 4 is 0 Å². The first-order chi connectivity index (χ1) is 10.8. The first-order valence-electron chi connectivity index (χ1n) is 7.86. The van der Waals surface area contributed by atoms with Gasteiger partial charge in [-0.1, -0.05) is 6.92 Å². The molecule has 0 unspecified atom stereocenters. The number of rotatable bonds is 5. The highest BCUT2D eigenvalue weighted by molar-refractivity contribution is 5.08. The number of hydrogen-bond donors (Lipinski definition) is 1. The molecule has 0 saturated heterocycles. The van der Waals surface area contributed by atoms with Crippen LogP contribution in [0.4, 0.5) is 13.2 Å². The lowest BCUT2D eigenvalue weighted by Gasteiger charge is -2.26. The van der Waals surface area contributed by atoms with E-state index in [0.717, 1.165) is 25.7 Å². The van der Waals surface area contributed by atoms with Gasteiger partial charge < -0.3 is 10.5 Å². The summed E-state index contributed by atoms with van der Waals surface area (Å²) in [6, 6.07) is 0.766. The third-order valence-corrected chi connectivity index (χ3v) is 4.08. The number of halogens is 3. The van der Waals surface area contributed by atoms with Crippen molar-refractivity contribution < 1.29 is 17.9 Å². The average molecular weight is 333 g/mol. The van der Waals surface area contributed by atoms with Crippen LogP contribution in [0.25, 0.3) is 0 Å². The third-order valence-electron chi connectivity index (χ3n) is 4.08. The van der Waals surface area contributed by atoms with Gasteiger partial charge in [0.15, 0.2) is 5.69 Å². The van der Waals surface area contributed by atoms with Crippen LogP contribution in [0.5, 0.6) is 0 Å². The second kappa shape index (κ2) is 7.44. The summed E-state index contributed by atoms with van der Waals surface area (Å²) in [7, 11) is 0. The van der Waals surface area contributed by atoms with E-state index in [2.05, 4.69) is 4.98 Å². The number of ether oxygens (including phenoxy) is 1. The Kier molecular flexibility index (Phi) is 5.80. The van der Waals surface area contributed by atoms with Crippen molar-refractivity contribution in [2.75, 3.05) is 6.61 Å². The maximum absolute atomic E-state index is 12.7. The van der Waals surface area contributed by atoms with Crippen LogP contribution in [0.1, 0.15) is 44.1 Å². The lowest BCUT2D eigenvalue weighted by molar-refractivity contribution is -0.141. The highest BCUT2D eigenvalue weighted by atomic mass is 19.4. The Morgan fingerprint density at radius 1 is 1.35 bits per heavy atom. The fourth-order valence-corrected chi connectivity index (χ4v) is 2.77. The van der Waals surface area contributed by atoms with Gasteiger partial charge >= 0.3 is 6.18 Å². The van der Waals surface area contributed by atoms with E-state index in [-0.39, 0.29) is 37.5 Å². The van der Waals surface area contributed by atoms with E-state index in [1.54, 1.807) is 6.92 Å². The molecule has 1 aromatic rings. The summed E-state index contributed by atoms with van der Waals surface area (Å²) in [5, 5.41) is 0. The first-order valence-corrected chi connectivity index (χ1v) is 7.86. The van der Waals surface area contributed by atoms with Crippen LogP contribution in [0, 0.1) is 0 Å². The molecule has 0 bridgehead atoms. The lowest BCUT2D eigenvalue weighted by atomic mass is 9.94. The predicted molar refractivity (Wildman–Crippen MR) is 79.1 cm³/mol. The molecule has 2 N–H and O–H groups in total. The van der Waals surface area contributed by atoms with E-state index in [0.29, 0.717) is 6.07 Å². The molecule has 23 heavy (non-hydrogen) atoms. The fourth-order valence-electron chi connectivity index (χ4n) is 2.77. The molecule has 0 aliphatic heterocycles. The fraction of sp³-hybridized carbons (Fsp3) is 0.733. The van der Waals surface area contributed by atoms with Crippen LogP contribution < -0.4 is 11.3 Å². The molecule has 8 heteroatoms. The van der Waals surface area contributed by atoms with Crippen LogP contribution in [-0.2, 0) is 23.9 Å². The maximum atomic E-state index is 12.7. The maximum Gasteiger partial charge on any atom is 0.433 e. The van der Waals surface area contributed by atoms with E-state index in [9.17, 15) is 18.0 Å². The van der Waals surface area contributed by atoms with Gasteiger partial charge in [0.2, 0.25) is 0 Å². The quantitative estimate of drug-likeness (QED) is 0.896. The van der Waals surface area contributed by atoms with E-state index in [1.165, 1.54) is 4.57 Å². The van der Waals surface area contributed by atoms with Gasteiger partial charge in [-0.3, -0.25) is 9.36 Å². The Bertz CT molecular complexity index is 578. The molecule has 130 valence electrons. The van der Waals surface area contributed by atoms with E-state index in [1.807, 2.05) is 0 Å².